The lowest BCUT2D eigenvalue weighted by atomic mass is 10.2. The molecule has 10 nitrogen and oxygen atoms in total. The largest absolute Gasteiger partial charge is 0.310 e. The molecule has 13 heteroatoms. The average Bonchev–Trinajstić information content (AvgIpc) is 3.23. The van der Waals surface area contributed by atoms with Gasteiger partial charge in [-0.25, -0.2) is 16.8 Å². The molecule has 3 aromatic carbocycles. The fourth-order valence-electron chi connectivity index (χ4n) is 3.85. The standard InChI is InChI=1S/C25H26N2O8S3/c1-18-4-10-21(11-5-18)36(29,30)26(3)37(31,32)22-14-8-20(9-15-22)27-17-16-24(25(27)28)35-38(33,34)23-12-6-19(2)7-13-23/h4-15,24H,16-17H2,1-3H3. The Morgan fingerprint density at radius 3 is 1.61 bits per heavy atom. The summed E-state index contributed by atoms with van der Waals surface area (Å²) in [6.07, 6.45) is -1.11. The molecule has 1 heterocycles. The van der Waals surface area contributed by atoms with Gasteiger partial charge in [0.05, 0.1) is 14.7 Å². The van der Waals surface area contributed by atoms with Crippen LogP contribution in [-0.2, 0) is 39.1 Å². The van der Waals surface area contributed by atoms with Crippen LogP contribution in [0, 0.1) is 13.8 Å². The fraction of sp³-hybridized carbons (Fsp3) is 0.240. The van der Waals surface area contributed by atoms with Gasteiger partial charge in [-0.3, -0.25) is 8.98 Å². The van der Waals surface area contributed by atoms with Crippen LogP contribution in [0.25, 0.3) is 0 Å². The van der Waals surface area contributed by atoms with Crippen LogP contribution in [0.15, 0.2) is 87.5 Å². The Bertz CT molecular complexity index is 1670. The minimum absolute atomic E-state index is 0.0615. The summed E-state index contributed by atoms with van der Waals surface area (Å²) in [5.74, 6) is -0.588. The Labute approximate surface area is 222 Å². The van der Waals surface area contributed by atoms with Crippen molar-refractivity contribution in [2.75, 3.05) is 18.5 Å². The number of carbonyl (C=O) groups is 1. The second kappa shape index (κ2) is 10.2. The van der Waals surface area contributed by atoms with Gasteiger partial charge in [0.15, 0.2) is 6.10 Å². The summed E-state index contributed by atoms with van der Waals surface area (Å²) in [5, 5.41) is 0. The Morgan fingerprint density at radius 2 is 1.13 bits per heavy atom. The highest BCUT2D eigenvalue weighted by atomic mass is 32.3. The van der Waals surface area contributed by atoms with E-state index in [-0.39, 0.29) is 27.7 Å². The molecular formula is C25H26N2O8S3. The van der Waals surface area contributed by atoms with Gasteiger partial charge in [-0.05, 0) is 62.4 Å². The molecule has 0 radical (unpaired) electrons. The highest BCUT2D eigenvalue weighted by Gasteiger charge is 2.38. The molecule has 1 atom stereocenters. The van der Waals surface area contributed by atoms with E-state index in [2.05, 4.69) is 0 Å². The van der Waals surface area contributed by atoms with E-state index >= 15 is 0 Å². The van der Waals surface area contributed by atoms with Crippen LogP contribution < -0.4 is 4.90 Å². The predicted molar refractivity (Wildman–Crippen MR) is 140 cm³/mol. The van der Waals surface area contributed by atoms with Crippen molar-refractivity contribution in [3.63, 3.8) is 0 Å². The predicted octanol–water partition coefficient (Wildman–Crippen LogP) is 2.82. The third-order valence-electron chi connectivity index (χ3n) is 6.15. The molecule has 0 saturated carbocycles. The van der Waals surface area contributed by atoms with Crippen LogP contribution in [0.4, 0.5) is 5.69 Å². The minimum Gasteiger partial charge on any atom is -0.310 e. The zero-order valence-corrected chi connectivity index (χ0v) is 23.3. The van der Waals surface area contributed by atoms with Crippen LogP contribution in [0.1, 0.15) is 17.5 Å². The van der Waals surface area contributed by atoms with Gasteiger partial charge >= 0.3 is 0 Å². The number of sulfonamides is 2. The van der Waals surface area contributed by atoms with Gasteiger partial charge in [0.1, 0.15) is 0 Å². The lowest BCUT2D eigenvalue weighted by molar-refractivity contribution is -0.122. The normalized spacial score (nSPS) is 16.8. The van der Waals surface area contributed by atoms with Gasteiger partial charge in [0.2, 0.25) is 0 Å². The molecule has 3 aromatic rings. The molecule has 0 bridgehead atoms. The quantitative estimate of drug-likeness (QED) is 0.373. The van der Waals surface area contributed by atoms with Gasteiger partial charge in [-0.15, -0.1) is 0 Å². The molecular weight excluding hydrogens is 552 g/mol. The van der Waals surface area contributed by atoms with Crippen LogP contribution >= 0.6 is 0 Å². The summed E-state index contributed by atoms with van der Waals surface area (Å²) in [7, 11) is -12.0. The molecule has 38 heavy (non-hydrogen) atoms. The van der Waals surface area contributed by atoms with E-state index in [1.165, 1.54) is 53.4 Å². The van der Waals surface area contributed by atoms with E-state index in [0.717, 1.165) is 18.2 Å². The SMILES string of the molecule is Cc1ccc(S(=O)(=O)OC2CCN(c3ccc(S(=O)(=O)N(C)S(=O)(=O)c4ccc(C)cc4)cc3)C2=O)cc1. The maximum Gasteiger partial charge on any atom is 0.297 e. The summed E-state index contributed by atoms with van der Waals surface area (Å²) < 4.78 is 82.6. The Kier molecular flexibility index (Phi) is 7.51. The van der Waals surface area contributed by atoms with Crippen LogP contribution in [0.5, 0.6) is 0 Å². The van der Waals surface area contributed by atoms with Crippen molar-refractivity contribution in [3.05, 3.63) is 83.9 Å². The van der Waals surface area contributed by atoms with E-state index in [1.807, 2.05) is 6.92 Å². The van der Waals surface area contributed by atoms with E-state index in [1.54, 1.807) is 31.2 Å². The third kappa shape index (κ3) is 5.38. The Morgan fingerprint density at radius 1 is 0.711 bits per heavy atom. The van der Waals surface area contributed by atoms with Crippen molar-refractivity contribution in [1.82, 2.24) is 3.71 Å². The third-order valence-corrected chi connectivity index (χ3v) is 11.8. The topological polar surface area (TPSA) is 135 Å². The molecule has 1 aliphatic heterocycles. The number of hydrogen-bond donors (Lipinski definition) is 0. The minimum atomic E-state index is -4.44. The molecule has 0 N–H and O–H groups in total. The van der Waals surface area contributed by atoms with E-state index in [0.29, 0.717) is 9.40 Å². The number of benzene rings is 3. The molecule has 0 spiro atoms. The van der Waals surface area contributed by atoms with Crippen molar-refractivity contribution in [2.45, 2.75) is 41.1 Å². The molecule has 1 unspecified atom stereocenters. The summed E-state index contributed by atoms with van der Waals surface area (Å²) in [4.78, 5) is 13.7. The summed E-state index contributed by atoms with van der Waals surface area (Å²) in [6, 6.07) is 16.9. The lowest BCUT2D eigenvalue weighted by Gasteiger charge is -2.19. The molecule has 1 fully saturated rings. The maximum absolute atomic E-state index is 13.1. The molecule has 4 rings (SSSR count). The van der Waals surface area contributed by atoms with Crippen LogP contribution in [0.2, 0.25) is 0 Å². The summed E-state index contributed by atoms with van der Waals surface area (Å²) in [5.41, 5.74) is 2.01. The van der Waals surface area contributed by atoms with Gasteiger partial charge in [-0.2, -0.15) is 8.42 Å². The zero-order chi connectivity index (χ0) is 27.9. The number of aryl methyl sites for hydroxylation is 2. The monoisotopic (exact) mass is 578 g/mol. The Balaban J connectivity index is 1.50. The van der Waals surface area contributed by atoms with Crippen molar-refractivity contribution in [1.29, 1.82) is 0 Å². The number of nitrogens with zero attached hydrogens (tertiary/aromatic N) is 2. The second-order valence-electron chi connectivity index (χ2n) is 8.83. The molecule has 1 amide bonds. The van der Waals surface area contributed by atoms with E-state index < -0.39 is 42.2 Å². The number of carbonyl (C=O) groups excluding carboxylic acids is 1. The van der Waals surface area contributed by atoms with Crippen molar-refractivity contribution < 1.29 is 34.2 Å². The smallest absolute Gasteiger partial charge is 0.297 e. The first-order chi connectivity index (χ1) is 17.7. The Hall–Kier alpha value is -3.10. The van der Waals surface area contributed by atoms with Gasteiger partial charge < -0.3 is 4.90 Å². The van der Waals surface area contributed by atoms with Crippen molar-refractivity contribution >= 4 is 41.8 Å². The number of anilines is 1. The van der Waals surface area contributed by atoms with Gasteiger partial charge in [0, 0.05) is 25.7 Å². The van der Waals surface area contributed by atoms with Crippen molar-refractivity contribution in [2.24, 2.45) is 0 Å². The maximum atomic E-state index is 13.1. The average molecular weight is 579 g/mol. The lowest BCUT2D eigenvalue weighted by Crippen LogP contribution is -2.33. The summed E-state index contributed by atoms with van der Waals surface area (Å²) >= 11 is 0. The summed E-state index contributed by atoms with van der Waals surface area (Å²) in [6.45, 7) is 3.74. The first kappa shape index (κ1) is 27.9. The molecule has 1 aliphatic rings. The molecule has 0 aliphatic carbocycles. The first-order valence-corrected chi connectivity index (χ1v) is 15.7. The van der Waals surface area contributed by atoms with Crippen molar-refractivity contribution in [3.8, 4) is 0 Å². The number of hydrogen-bond acceptors (Lipinski definition) is 8. The van der Waals surface area contributed by atoms with E-state index in [4.69, 9.17) is 4.18 Å². The van der Waals surface area contributed by atoms with Gasteiger partial charge in [0.25, 0.3) is 36.1 Å². The highest BCUT2D eigenvalue weighted by Crippen LogP contribution is 2.29. The van der Waals surface area contributed by atoms with Crippen LogP contribution in [0.3, 0.4) is 0 Å². The number of amides is 1. The highest BCUT2D eigenvalue weighted by molar-refractivity contribution is 8.04. The molecule has 202 valence electrons. The zero-order valence-electron chi connectivity index (χ0n) is 20.8. The fourth-order valence-corrected chi connectivity index (χ4v) is 8.02. The van der Waals surface area contributed by atoms with E-state index in [9.17, 15) is 30.0 Å². The first-order valence-electron chi connectivity index (χ1n) is 11.5. The van der Waals surface area contributed by atoms with Crippen LogP contribution in [-0.4, -0.2) is 54.6 Å². The number of rotatable bonds is 8. The molecule has 0 aromatic heterocycles. The second-order valence-corrected chi connectivity index (χ2v) is 14.6. The van der Waals surface area contributed by atoms with Gasteiger partial charge in [-0.1, -0.05) is 39.1 Å². The molecule has 1 saturated heterocycles.